The van der Waals surface area contributed by atoms with Crippen molar-refractivity contribution in [2.45, 2.75) is 13.0 Å². The maximum absolute atomic E-state index is 13.3. The predicted molar refractivity (Wildman–Crippen MR) is 68.6 cm³/mol. The summed E-state index contributed by atoms with van der Waals surface area (Å²) in [5, 5.41) is 13.1. The molecule has 1 aromatic rings. The highest BCUT2D eigenvalue weighted by Gasteiger charge is 2.44. The summed E-state index contributed by atoms with van der Waals surface area (Å²) in [7, 11) is 0. The molecule has 2 rings (SSSR count). The Balaban J connectivity index is 2.22. The number of hydrogen-bond donors (Lipinski definition) is 2. The first-order valence-electron chi connectivity index (χ1n) is 5.93. The average Bonchev–Trinajstić information content (AvgIpc) is 2.70. The summed E-state index contributed by atoms with van der Waals surface area (Å²) in [5.41, 5.74) is 4.45. The van der Waals surface area contributed by atoms with Crippen LogP contribution in [0.5, 0.6) is 0 Å². The Labute approximate surface area is 114 Å². The van der Waals surface area contributed by atoms with Crippen LogP contribution in [0.4, 0.5) is 15.8 Å². The van der Waals surface area contributed by atoms with E-state index in [4.69, 9.17) is 10.5 Å². The standard InChI is InChI=1S/C12H14FN3O4/c1-12(6-20-5-10(12)14)11(17)15-8-2-7(13)3-9(4-8)16(18)19/h2-4,10H,5-6,14H2,1H3,(H,15,17). The third-order valence-electron chi connectivity index (χ3n) is 3.39. The topological polar surface area (TPSA) is 107 Å². The Hall–Kier alpha value is -2.06. The van der Waals surface area contributed by atoms with Crippen LogP contribution in [0.3, 0.4) is 0 Å². The largest absolute Gasteiger partial charge is 0.379 e. The highest BCUT2D eigenvalue weighted by molar-refractivity contribution is 5.96. The minimum absolute atomic E-state index is 0.0158. The molecule has 2 atom stereocenters. The molecule has 0 bridgehead atoms. The lowest BCUT2D eigenvalue weighted by Crippen LogP contribution is -2.47. The summed E-state index contributed by atoms with van der Waals surface area (Å²) in [5.74, 6) is -1.26. The molecule has 1 fully saturated rings. The van der Waals surface area contributed by atoms with Gasteiger partial charge in [0.25, 0.3) is 5.69 Å². The van der Waals surface area contributed by atoms with E-state index in [0.717, 1.165) is 18.2 Å². The molecule has 3 N–H and O–H groups in total. The minimum Gasteiger partial charge on any atom is -0.379 e. The van der Waals surface area contributed by atoms with Gasteiger partial charge >= 0.3 is 0 Å². The van der Waals surface area contributed by atoms with Crippen molar-refractivity contribution in [2.24, 2.45) is 11.1 Å². The molecule has 1 amide bonds. The third kappa shape index (κ3) is 2.61. The Morgan fingerprint density at radius 1 is 1.60 bits per heavy atom. The number of hydrogen-bond acceptors (Lipinski definition) is 5. The van der Waals surface area contributed by atoms with Gasteiger partial charge in [-0.15, -0.1) is 0 Å². The smallest absolute Gasteiger partial charge is 0.274 e. The van der Waals surface area contributed by atoms with E-state index < -0.39 is 33.8 Å². The first kappa shape index (κ1) is 14.4. The molecule has 1 aromatic carbocycles. The lowest BCUT2D eigenvalue weighted by atomic mass is 9.85. The zero-order valence-electron chi connectivity index (χ0n) is 10.8. The van der Waals surface area contributed by atoms with Gasteiger partial charge in [0.1, 0.15) is 5.82 Å². The van der Waals surface area contributed by atoms with Crippen LogP contribution in [0.25, 0.3) is 0 Å². The van der Waals surface area contributed by atoms with Crippen LogP contribution >= 0.6 is 0 Å². The number of nitro groups is 1. The van der Waals surface area contributed by atoms with Crippen LogP contribution in [-0.4, -0.2) is 30.1 Å². The summed E-state index contributed by atoms with van der Waals surface area (Å²) in [6.07, 6.45) is 0. The van der Waals surface area contributed by atoms with E-state index >= 15 is 0 Å². The zero-order chi connectivity index (χ0) is 14.9. The monoisotopic (exact) mass is 283 g/mol. The summed E-state index contributed by atoms with van der Waals surface area (Å²) < 4.78 is 18.4. The van der Waals surface area contributed by atoms with Crippen molar-refractivity contribution in [1.29, 1.82) is 0 Å². The number of amides is 1. The van der Waals surface area contributed by atoms with Crippen molar-refractivity contribution < 1.29 is 18.8 Å². The molecule has 1 aliphatic rings. The molecule has 0 aromatic heterocycles. The van der Waals surface area contributed by atoms with Crippen molar-refractivity contribution in [2.75, 3.05) is 18.5 Å². The van der Waals surface area contributed by atoms with Gasteiger partial charge in [-0.1, -0.05) is 0 Å². The lowest BCUT2D eigenvalue weighted by molar-refractivity contribution is -0.385. The SMILES string of the molecule is CC1(C(=O)Nc2cc(F)cc([N+](=O)[O-])c2)COCC1N. The van der Waals surface area contributed by atoms with Gasteiger partial charge in [0.05, 0.1) is 35.3 Å². The van der Waals surface area contributed by atoms with Crippen LogP contribution in [0.1, 0.15) is 6.92 Å². The molecule has 7 nitrogen and oxygen atoms in total. The Bertz CT molecular complexity index is 566. The van der Waals surface area contributed by atoms with Crippen LogP contribution in [0, 0.1) is 21.3 Å². The molecular weight excluding hydrogens is 269 g/mol. The van der Waals surface area contributed by atoms with Gasteiger partial charge in [-0.25, -0.2) is 4.39 Å². The van der Waals surface area contributed by atoms with Crippen LogP contribution in [0.15, 0.2) is 18.2 Å². The normalized spacial score (nSPS) is 25.4. The van der Waals surface area contributed by atoms with E-state index in [1.54, 1.807) is 6.92 Å². The fourth-order valence-corrected chi connectivity index (χ4v) is 1.95. The van der Waals surface area contributed by atoms with E-state index in [1.165, 1.54) is 0 Å². The van der Waals surface area contributed by atoms with Crippen molar-refractivity contribution in [3.8, 4) is 0 Å². The number of nitrogens with one attached hydrogen (secondary N) is 1. The molecule has 0 spiro atoms. The Morgan fingerprint density at radius 3 is 2.85 bits per heavy atom. The predicted octanol–water partition coefficient (Wildman–Crippen LogP) is 1.04. The summed E-state index contributed by atoms with van der Waals surface area (Å²) >= 11 is 0. The van der Waals surface area contributed by atoms with Crippen LogP contribution in [-0.2, 0) is 9.53 Å². The van der Waals surface area contributed by atoms with Gasteiger partial charge in [0.2, 0.25) is 5.91 Å². The number of carbonyl (C=O) groups excluding carboxylic acids is 1. The number of benzene rings is 1. The maximum Gasteiger partial charge on any atom is 0.274 e. The van der Waals surface area contributed by atoms with E-state index in [2.05, 4.69) is 5.32 Å². The second-order valence-corrected chi connectivity index (χ2v) is 4.95. The van der Waals surface area contributed by atoms with E-state index in [0.29, 0.717) is 0 Å². The Morgan fingerprint density at radius 2 is 2.30 bits per heavy atom. The van der Waals surface area contributed by atoms with Crippen molar-refractivity contribution in [1.82, 2.24) is 0 Å². The van der Waals surface area contributed by atoms with Crippen molar-refractivity contribution >= 4 is 17.3 Å². The van der Waals surface area contributed by atoms with Crippen molar-refractivity contribution in [3.05, 3.63) is 34.1 Å². The summed E-state index contributed by atoms with van der Waals surface area (Å²) in [6, 6.07) is 2.40. The van der Waals surface area contributed by atoms with Gasteiger partial charge in [0, 0.05) is 12.1 Å². The fraction of sp³-hybridized carbons (Fsp3) is 0.417. The molecule has 0 saturated carbocycles. The number of non-ortho nitro benzene ring substituents is 1. The lowest BCUT2D eigenvalue weighted by Gasteiger charge is -2.25. The number of carbonyl (C=O) groups is 1. The van der Waals surface area contributed by atoms with E-state index in [-0.39, 0.29) is 18.9 Å². The quantitative estimate of drug-likeness (QED) is 0.636. The molecule has 20 heavy (non-hydrogen) atoms. The molecule has 1 heterocycles. The zero-order valence-corrected chi connectivity index (χ0v) is 10.8. The number of nitro benzene ring substituents is 1. The maximum atomic E-state index is 13.3. The highest BCUT2D eigenvalue weighted by atomic mass is 19.1. The van der Waals surface area contributed by atoms with Gasteiger partial charge in [-0.3, -0.25) is 14.9 Å². The van der Waals surface area contributed by atoms with Gasteiger partial charge in [-0.05, 0) is 13.0 Å². The second kappa shape index (κ2) is 5.14. The van der Waals surface area contributed by atoms with Crippen LogP contribution < -0.4 is 11.1 Å². The first-order chi connectivity index (χ1) is 9.33. The molecule has 108 valence electrons. The second-order valence-electron chi connectivity index (χ2n) is 4.95. The summed E-state index contributed by atoms with van der Waals surface area (Å²) in [4.78, 5) is 22.1. The third-order valence-corrected chi connectivity index (χ3v) is 3.39. The van der Waals surface area contributed by atoms with Crippen LogP contribution in [0.2, 0.25) is 0 Å². The van der Waals surface area contributed by atoms with Gasteiger partial charge < -0.3 is 15.8 Å². The number of nitrogens with two attached hydrogens (primary N) is 1. The van der Waals surface area contributed by atoms with Gasteiger partial charge in [-0.2, -0.15) is 0 Å². The molecule has 0 radical (unpaired) electrons. The van der Waals surface area contributed by atoms with E-state index in [1.807, 2.05) is 0 Å². The van der Waals surface area contributed by atoms with Gasteiger partial charge in [0.15, 0.2) is 0 Å². The fourth-order valence-electron chi connectivity index (χ4n) is 1.95. The molecule has 2 unspecified atom stereocenters. The molecular formula is C12H14FN3O4. The number of rotatable bonds is 3. The highest BCUT2D eigenvalue weighted by Crippen LogP contribution is 2.29. The molecule has 1 saturated heterocycles. The first-order valence-corrected chi connectivity index (χ1v) is 5.93. The molecule has 1 aliphatic heterocycles. The minimum atomic E-state index is -0.943. The molecule has 8 heteroatoms. The average molecular weight is 283 g/mol. The number of anilines is 1. The van der Waals surface area contributed by atoms with Crippen molar-refractivity contribution in [3.63, 3.8) is 0 Å². The summed E-state index contributed by atoms with van der Waals surface area (Å²) in [6.45, 7) is 2.04. The number of nitrogens with zero attached hydrogens (tertiary/aromatic N) is 1. The number of ether oxygens (including phenoxy) is 1. The molecule has 0 aliphatic carbocycles. The Kier molecular flexibility index (Phi) is 3.69. The van der Waals surface area contributed by atoms with E-state index in [9.17, 15) is 19.3 Å². The number of halogens is 1.